The van der Waals surface area contributed by atoms with Crippen molar-refractivity contribution in [3.05, 3.63) is 83.4 Å². The van der Waals surface area contributed by atoms with E-state index in [-0.39, 0.29) is 12.1 Å². The Bertz CT molecular complexity index is 1230. The molecule has 0 aromatic heterocycles. The minimum atomic E-state index is -4.49. The predicted molar refractivity (Wildman–Crippen MR) is 128 cm³/mol. The van der Waals surface area contributed by atoms with Crippen molar-refractivity contribution >= 4 is 17.7 Å². The molecule has 0 aliphatic rings. The van der Waals surface area contributed by atoms with Crippen molar-refractivity contribution in [1.29, 1.82) is 10.5 Å². The Hall–Kier alpha value is -4.34. The van der Waals surface area contributed by atoms with Crippen LogP contribution in [0, 0.1) is 22.7 Å². The normalized spacial score (nSPS) is 11.2. The molecular weight excluding hydrogens is 457 g/mol. The van der Waals surface area contributed by atoms with Crippen molar-refractivity contribution in [3.8, 4) is 23.3 Å². The van der Waals surface area contributed by atoms with E-state index in [0.717, 1.165) is 28.9 Å². The average Bonchev–Trinajstić information content (AvgIpc) is 2.88. The lowest BCUT2D eigenvalue weighted by molar-refractivity contribution is -0.137. The third-order valence-electron chi connectivity index (χ3n) is 5.00. The quantitative estimate of drug-likeness (QED) is 0.490. The molecule has 0 aliphatic carbocycles. The Balaban J connectivity index is 0.000000269. The SMILES string of the molecule is CN(CC(O)C=O)c1ccc(C#N)c(-c2ccccc2)c1.CNc1ccc(C#N)c(C(F)(F)F)c1. The Morgan fingerprint density at radius 1 is 1.03 bits per heavy atom. The maximum Gasteiger partial charge on any atom is 0.417 e. The van der Waals surface area contributed by atoms with E-state index in [0.29, 0.717) is 17.5 Å². The van der Waals surface area contributed by atoms with Gasteiger partial charge in [-0.25, -0.2) is 0 Å². The van der Waals surface area contributed by atoms with Gasteiger partial charge in [-0.2, -0.15) is 23.7 Å². The monoisotopic (exact) mass is 480 g/mol. The van der Waals surface area contributed by atoms with Crippen molar-refractivity contribution in [2.24, 2.45) is 0 Å². The molecule has 0 aliphatic heterocycles. The Morgan fingerprint density at radius 3 is 2.20 bits per heavy atom. The van der Waals surface area contributed by atoms with Gasteiger partial charge >= 0.3 is 6.18 Å². The number of aliphatic hydroxyl groups is 1. The summed E-state index contributed by atoms with van der Waals surface area (Å²) in [6, 6.07) is 22.3. The van der Waals surface area contributed by atoms with E-state index in [1.165, 1.54) is 19.2 Å². The first-order valence-corrected chi connectivity index (χ1v) is 10.4. The lowest BCUT2D eigenvalue weighted by atomic mass is 9.99. The number of anilines is 2. The molecular formula is C26H23F3N4O2. The third kappa shape index (κ3) is 7.32. The van der Waals surface area contributed by atoms with Crippen LogP contribution in [0.4, 0.5) is 24.5 Å². The molecule has 2 N–H and O–H groups in total. The number of carbonyl (C=O) groups is 1. The zero-order chi connectivity index (χ0) is 26.0. The van der Waals surface area contributed by atoms with Gasteiger partial charge in [-0.3, -0.25) is 0 Å². The molecule has 0 amide bonds. The number of likely N-dealkylation sites (N-methyl/N-ethyl adjacent to an activating group) is 1. The molecule has 180 valence electrons. The third-order valence-corrected chi connectivity index (χ3v) is 5.00. The topological polar surface area (TPSA) is 100 Å². The minimum Gasteiger partial charge on any atom is -0.388 e. The van der Waals surface area contributed by atoms with Crippen LogP contribution in [-0.2, 0) is 11.0 Å². The molecule has 0 saturated heterocycles. The van der Waals surface area contributed by atoms with Gasteiger partial charge in [0.2, 0.25) is 0 Å². The van der Waals surface area contributed by atoms with Crippen LogP contribution in [0.5, 0.6) is 0 Å². The number of hydrogen-bond acceptors (Lipinski definition) is 6. The largest absolute Gasteiger partial charge is 0.417 e. The summed E-state index contributed by atoms with van der Waals surface area (Å²) in [5.41, 5.74) is 2.28. The summed E-state index contributed by atoms with van der Waals surface area (Å²) in [5.74, 6) is 0. The molecule has 3 rings (SSSR count). The smallest absolute Gasteiger partial charge is 0.388 e. The zero-order valence-electron chi connectivity index (χ0n) is 19.0. The number of hydrogen-bond donors (Lipinski definition) is 2. The number of nitrogens with one attached hydrogen (secondary N) is 1. The number of nitriles is 2. The molecule has 1 unspecified atom stereocenters. The van der Waals surface area contributed by atoms with E-state index >= 15 is 0 Å². The molecule has 3 aromatic rings. The number of aliphatic hydroxyl groups excluding tert-OH is 1. The predicted octanol–water partition coefficient (Wildman–Crippen LogP) is 4.84. The maximum atomic E-state index is 12.4. The van der Waals surface area contributed by atoms with Crippen molar-refractivity contribution in [2.45, 2.75) is 12.3 Å². The summed E-state index contributed by atoms with van der Waals surface area (Å²) in [4.78, 5) is 12.3. The summed E-state index contributed by atoms with van der Waals surface area (Å²) in [6.07, 6.45) is -5.00. The van der Waals surface area contributed by atoms with Crippen molar-refractivity contribution in [3.63, 3.8) is 0 Å². The van der Waals surface area contributed by atoms with E-state index < -0.39 is 17.8 Å². The first-order valence-electron chi connectivity index (χ1n) is 10.4. The second-order valence-electron chi connectivity index (χ2n) is 7.41. The van der Waals surface area contributed by atoms with Crippen LogP contribution < -0.4 is 10.2 Å². The van der Waals surface area contributed by atoms with Gasteiger partial charge < -0.3 is 20.1 Å². The van der Waals surface area contributed by atoms with Gasteiger partial charge in [-0.1, -0.05) is 30.3 Å². The molecule has 0 spiro atoms. The summed E-state index contributed by atoms with van der Waals surface area (Å²) in [6.45, 7) is 0.212. The van der Waals surface area contributed by atoms with Gasteiger partial charge in [0.25, 0.3) is 0 Å². The molecule has 0 fully saturated rings. The number of halogens is 3. The molecule has 0 bridgehead atoms. The van der Waals surface area contributed by atoms with Crippen LogP contribution in [0.2, 0.25) is 0 Å². The fourth-order valence-corrected chi connectivity index (χ4v) is 3.18. The molecule has 6 nitrogen and oxygen atoms in total. The Labute approximate surface area is 201 Å². The lowest BCUT2D eigenvalue weighted by Crippen LogP contribution is -2.29. The van der Waals surface area contributed by atoms with Crippen molar-refractivity contribution in [1.82, 2.24) is 0 Å². The van der Waals surface area contributed by atoms with Gasteiger partial charge in [0.05, 0.1) is 35.4 Å². The fraction of sp³-hybridized carbons (Fsp3) is 0.192. The number of aldehydes is 1. The van der Waals surface area contributed by atoms with E-state index in [1.54, 1.807) is 18.0 Å². The zero-order valence-corrected chi connectivity index (χ0v) is 19.0. The molecule has 0 heterocycles. The average molecular weight is 480 g/mol. The number of rotatable bonds is 6. The summed E-state index contributed by atoms with van der Waals surface area (Å²) in [7, 11) is 3.31. The Kier molecular flexibility index (Phi) is 9.39. The summed E-state index contributed by atoms with van der Waals surface area (Å²) >= 11 is 0. The van der Waals surface area contributed by atoms with E-state index in [2.05, 4.69) is 11.4 Å². The molecule has 0 saturated carbocycles. The number of carbonyl (C=O) groups excluding carboxylic acids is 1. The highest BCUT2D eigenvalue weighted by Gasteiger charge is 2.33. The van der Waals surface area contributed by atoms with Gasteiger partial charge in [0, 0.05) is 31.0 Å². The lowest BCUT2D eigenvalue weighted by Gasteiger charge is -2.21. The van der Waals surface area contributed by atoms with Gasteiger partial charge in [0.15, 0.2) is 0 Å². The van der Waals surface area contributed by atoms with Crippen LogP contribution in [-0.4, -0.2) is 38.1 Å². The highest BCUT2D eigenvalue weighted by molar-refractivity contribution is 5.74. The van der Waals surface area contributed by atoms with E-state index in [1.807, 2.05) is 42.5 Å². The van der Waals surface area contributed by atoms with Gasteiger partial charge in [-0.15, -0.1) is 0 Å². The first-order chi connectivity index (χ1) is 16.6. The number of benzene rings is 3. The molecule has 1 atom stereocenters. The second-order valence-corrected chi connectivity index (χ2v) is 7.41. The number of alkyl halides is 3. The maximum absolute atomic E-state index is 12.4. The summed E-state index contributed by atoms with van der Waals surface area (Å²) in [5, 5.41) is 29.7. The van der Waals surface area contributed by atoms with E-state index in [9.17, 15) is 28.3 Å². The molecule has 9 heteroatoms. The molecule has 35 heavy (non-hydrogen) atoms. The summed E-state index contributed by atoms with van der Waals surface area (Å²) < 4.78 is 37.1. The van der Waals surface area contributed by atoms with Gasteiger partial charge in [0.1, 0.15) is 12.4 Å². The standard InChI is InChI=1S/C17H16N2O2.C9H7F3N2/c1-19(11-16(21)12-20)15-8-7-14(10-18)17(9-15)13-5-3-2-4-6-13;1-14-7-3-2-6(5-13)8(4-7)9(10,11)12/h2-9,12,16,21H,11H2,1H3;2-4,14H,1H3. The second kappa shape index (κ2) is 12.2. The van der Waals surface area contributed by atoms with Crippen LogP contribution >= 0.6 is 0 Å². The highest BCUT2D eigenvalue weighted by Crippen LogP contribution is 2.33. The first kappa shape index (κ1) is 26.9. The molecule has 0 radical (unpaired) electrons. The fourth-order valence-electron chi connectivity index (χ4n) is 3.18. The highest BCUT2D eigenvalue weighted by atomic mass is 19.4. The van der Waals surface area contributed by atoms with Gasteiger partial charge in [-0.05, 0) is 42.0 Å². The van der Waals surface area contributed by atoms with Crippen LogP contribution in [0.25, 0.3) is 11.1 Å². The Morgan fingerprint density at radius 2 is 1.66 bits per heavy atom. The number of nitrogens with zero attached hydrogens (tertiary/aromatic N) is 3. The molecule has 3 aromatic carbocycles. The van der Waals surface area contributed by atoms with Crippen molar-refractivity contribution < 1.29 is 23.1 Å². The van der Waals surface area contributed by atoms with Crippen LogP contribution in [0.3, 0.4) is 0 Å². The van der Waals surface area contributed by atoms with E-state index in [4.69, 9.17) is 5.26 Å². The minimum absolute atomic E-state index is 0.212. The van der Waals surface area contributed by atoms with Crippen LogP contribution in [0.1, 0.15) is 16.7 Å². The van der Waals surface area contributed by atoms with Crippen LogP contribution in [0.15, 0.2) is 66.7 Å². The van der Waals surface area contributed by atoms with Crippen molar-refractivity contribution in [2.75, 3.05) is 30.9 Å².